The number of piperazine rings is 1. The van der Waals surface area contributed by atoms with Gasteiger partial charge in [0.2, 0.25) is 11.7 Å². The highest BCUT2D eigenvalue weighted by Gasteiger charge is 2.35. The number of ether oxygens (including phenoxy) is 1. The molecule has 282 valence electrons. The lowest BCUT2D eigenvalue weighted by Gasteiger charge is -2.37. The Morgan fingerprint density at radius 3 is 2.46 bits per heavy atom. The number of nitrogens with zero attached hydrogens (tertiary/aromatic N) is 7. The molecule has 1 saturated heterocycles. The Morgan fingerprint density at radius 1 is 1.04 bits per heavy atom. The van der Waals surface area contributed by atoms with Crippen molar-refractivity contribution in [3.05, 3.63) is 92.5 Å². The lowest BCUT2D eigenvalue weighted by Crippen LogP contribution is -2.51. The summed E-state index contributed by atoms with van der Waals surface area (Å²) in [5, 5.41) is 18.5. The fourth-order valence-electron chi connectivity index (χ4n) is 7.00. The van der Waals surface area contributed by atoms with Crippen LogP contribution in [0.4, 0.5) is 28.9 Å². The van der Waals surface area contributed by atoms with Gasteiger partial charge in [-0.1, -0.05) is 31.2 Å². The number of rotatable bonds is 7. The maximum atomic E-state index is 14.7. The van der Waals surface area contributed by atoms with Crippen LogP contribution in [0.5, 0.6) is 5.75 Å². The average molecular weight is 749 g/mol. The molecule has 13 nitrogen and oxygen atoms in total. The van der Waals surface area contributed by atoms with E-state index in [0.717, 1.165) is 23.1 Å². The fourth-order valence-corrected chi connectivity index (χ4v) is 7.00. The number of aryl methyl sites for hydroxylation is 1. The molecule has 5 aromatic rings. The van der Waals surface area contributed by atoms with Crippen LogP contribution >= 0.6 is 0 Å². The van der Waals surface area contributed by atoms with E-state index in [9.17, 15) is 37.1 Å². The number of nitrogens with one attached hydrogen (secondary N) is 1. The van der Waals surface area contributed by atoms with Crippen molar-refractivity contribution in [2.75, 3.05) is 49.6 Å². The van der Waals surface area contributed by atoms with Gasteiger partial charge in [0, 0.05) is 42.8 Å². The molecule has 5 heterocycles. The Balaban J connectivity index is 1.23. The largest absolute Gasteiger partial charge is 0.505 e. The van der Waals surface area contributed by atoms with E-state index >= 15 is 0 Å². The number of hydrogen-bond donors (Lipinski definition) is 2. The smallest absolute Gasteiger partial charge is 0.419 e. The van der Waals surface area contributed by atoms with E-state index in [1.807, 2.05) is 11.0 Å². The molecule has 2 aliphatic heterocycles. The molecular weight excluding hydrogens is 712 g/mol. The summed E-state index contributed by atoms with van der Waals surface area (Å²) in [5.41, 5.74) is 0.0227. The number of amides is 2. The molecule has 0 radical (unpaired) electrons. The van der Waals surface area contributed by atoms with Crippen LogP contribution in [0.15, 0.2) is 47.3 Å². The topological polar surface area (TPSA) is 147 Å². The third kappa shape index (κ3) is 6.52. The standard InChI is InChI=1S/C37H36F4N8O5/c1-4-27-31(46-13-15-47(16-14-46)34(52)29-23-7-5-6-8-26(23)42-21(3)32(29)51)35(53)49-36(44-33(45-49)22-11-17-54-18-12-22)48(27)19-28(50)43-25-10-9-24(37(39,40)41)30(38)20(25)2/h5-11,51H,4,12-19H2,1-3H3,(H,43,50). The maximum absolute atomic E-state index is 14.7. The summed E-state index contributed by atoms with van der Waals surface area (Å²) in [4.78, 5) is 54.2. The lowest BCUT2D eigenvalue weighted by atomic mass is 10.0. The summed E-state index contributed by atoms with van der Waals surface area (Å²) in [6.07, 6.45) is -2.35. The summed E-state index contributed by atoms with van der Waals surface area (Å²) in [7, 11) is 0. The molecule has 2 amide bonds. The zero-order valence-corrected chi connectivity index (χ0v) is 29.6. The van der Waals surface area contributed by atoms with Crippen molar-refractivity contribution < 1.29 is 37.0 Å². The number of hydrogen-bond acceptors (Lipinski definition) is 9. The fraction of sp³-hybridized carbons (Fsp3) is 0.351. The predicted octanol–water partition coefficient (Wildman–Crippen LogP) is 4.89. The minimum absolute atomic E-state index is 0.0673. The van der Waals surface area contributed by atoms with Gasteiger partial charge in [-0.2, -0.15) is 22.7 Å². The molecule has 3 aromatic heterocycles. The van der Waals surface area contributed by atoms with Crippen molar-refractivity contribution in [2.24, 2.45) is 0 Å². The lowest BCUT2D eigenvalue weighted by molar-refractivity contribution is -0.140. The van der Waals surface area contributed by atoms with Crippen LogP contribution in [0.3, 0.4) is 0 Å². The molecule has 2 aromatic carbocycles. The van der Waals surface area contributed by atoms with Crippen molar-refractivity contribution in [3.63, 3.8) is 0 Å². The van der Waals surface area contributed by atoms with Crippen LogP contribution in [-0.4, -0.2) is 85.4 Å². The third-order valence-electron chi connectivity index (χ3n) is 9.82. The number of alkyl halides is 3. The molecule has 0 bridgehead atoms. The molecule has 0 saturated carbocycles. The van der Waals surface area contributed by atoms with Crippen LogP contribution < -0.4 is 15.8 Å². The summed E-state index contributed by atoms with van der Waals surface area (Å²) in [6.45, 7) is 5.74. The van der Waals surface area contributed by atoms with E-state index < -0.39 is 35.6 Å². The van der Waals surface area contributed by atoms with E-state index in [0.29, 0.717) is 48.0 Å². The first-order chi connectivity index (χ1) is 25.8. The van der Waals surface area contributed by atoms with Gasteiger partial charge in [-0.15, -0.1) is 5.10 Å². The average Bonchev–Trinajstić information content (AvgIpc) is 3.61. The van der Waals surface area contributed by atoms with E-state index in [1.165, 1.54) is 4.57 Å². The first-order valence-electron chi connectivity index (χ1n) is 17.4. The van der Waals surface area contributed by atoms with Crippen LogP contribution in [0, 0.1) is 19.7 Å². The molecule has 2 aliphatic rings. The van der Waals surface area contributed by atoms with Crippen LogP contribution in [0.2, 0.25) is 0 Å². The third-order valence-corrected chi connectivity index (χ3v) is 9.82. The van der Waals surface area contributed by atoms with E-state index in [2.05, 4.69) is 20.4 Å². The molecule has 17 heteroatoms. The summed E-state index contributed by atoms with van der Waals surface area (Å²) in [6, 6.07) is 8.62. The van der Waals surface area contributed by atoms with Crippen molar-refractivity contribution in [1.29, 1.82) is 0 Å². The Morgan fingerprint density at radius 2 is 1.78 bits per heavy atom. The van der Waals surface area contributed by atoms with Crippen molar-refractivity contribution in [3.8, 4) is 5.75 Å². The molecule has 2 N–H and O–H groups in total. The quantitative estimate of drug-likeness (QED) is 0.222. The molecule has 0 unspecified atom stereocenters. The SMILES string of the molecule is CCc1c(N2CCN(C(=O)c3c(O)c(C)nc4ccccc34)CC2)c(=O)n2nc(C3=CCOCC3)nc2n1CC(=O)Nc1ccc(C(F)(F)F)c(F)c1C. The number of aromatic nitrogens is 5. The van der Waals surface area contributed by atoms with Gasteiger partial charge in [-0.05, 0) is 50.5 Å². The van der Waals surface area contributed by atoms with Crippen LogP contribution in [0.1, 0.15) is 52.0 Å². The van der Waals surface area contributed by atoms with E-state index in [4.69, 9.17) is 4.74 Å². The number of fused-ring (bicyclic) bond motifs is 2. The molecule has 0 spiro atoms. The predicted molar refractivity (Wildman–Crippen MR) is 191 cm³/mol. The number of aromatic hydroxyl groups is 1. The second kappa shape index (κ2) is 14.2. The Labute approximate surface area is 305 Å². The number of anilines is 2. The monoisotopic (exact) mass is 748 g/mol. The van der Waals surface area contributed by atoms with Crippen molar-refractivity contribution >= 4 is 45.4 Å². The van der Waals surface area contributed by atoms with Gasteiger partial charge >= 0.3 is 6.18 Å². The highest BCUT2D eigenvalue weighted by molar-refractivity contribution is 6.08. The number of benzene rings is 2. The van der Waals surface area contributed by atoms with Gasteiger partial charge in [0.1, 0.15) is 23.8 Å². The van der Waals surface area contributed by atoms with Crippen LogP contribution in [0.25, 0.3) is 22.3 Å². The first kappa shape index (κ1) is 36.5. The van der Waals surface area contributed by atoms with Gasteiger partial charge in [-0.25, -0.2) is 9.37 Å². The zero-order chi connectivity index (χ0) is 38.5. The minimum atomic E-state index is -4.91. The van der Waals surface area contributed by atoms with Crippen molar-refractivity contribution in [1.82, 2.24) is 29.0 Å². The Kier molecular flexibility index (Phi) is 9.59. The van der Waals surface area contributed by atoms with Gasteiger partial charge in [-0.3, -0.25) is 14.4 Å². The van der Waals surface area contributed by atoms with E-state index in [-0.39, 0.29) is 78.4 Å². The maximum Gasteiger partial charge on any atom is 0.419 e. The molecular formula is C37H36F4N8O5. The summed E-state index contributed by atoms with van der Waals surface area (Å²) < 4.78 is 62.7. The number of carbonyl (C=O) groups excluding carboxylic acids is 2. The van der Waals surface area contributed by atoms with E-state index in [1.54, 1.807) is 43.0 Å². The normalized spacial score (nSPS) is 15.2. The highest BCUT2D eigenvalue weighted by Crippen LogP contribution is 2.35. The van der Waals surface area contributed by atoms with Crippen molar-refractivity contribution in [2.45, 2.75) is 46.3 Å². The molecule has 0 aliphatic carbocycles. The molecule has 1 fully saturated rings. The summed E-state index contributed by atoms with van der Waals surface area (Å²) in [5.74, 6) is -2.42. The molecule has 54 heavy (non-hydrogen) atoms. The van der Waals surface area contributed by atoms with Gasteiger partial charge in [0.25, 0.3) is 11.5 Å². The van der Waals surface area contributed by atoms with Gasteiger partial charge in [0.15, 0.2) is 5.82 Å². The molecule has 0 atom stereocenters. The number of para-hydroxylation sites is 1. The zero-order valence-electron chi connectivity index (χ0n) is 29.6. The van der Waals surface area contributed by atoms with Gasteiger partial charge in [0.05, 0.1) is 41.2 Å². The molecule has 7 rings (SSSR count). The Hall–Kier alpha value is -5.84. The van der Waals surface area contributed by atoms with Crippen LogP contribution in [-0.2, 0) is 28.7 Å². The Bertz CT molecular complexity index is 2410. The number of halogens is 4. The number of pyridine rings is 1. The summed E-state index contributed by atoms with van der Waals surface area (Å²) >= 11 is 0. The first-order valence-corrected chi connectivity index (χ1v) is 17.4. The second-order valence-corrected chi connectivity index (χ2v) is 13.1. The second-order valence-electron chi connectivity index (χ2n) is 13.1. The highest BCUT2D eigenvalue weighted by atomic mass is 19.4. The minimum Gasteiger partial charge on any atom is -0.505 e. The number of carbonyl (C=O) groups is 2. The van der Waals surface area contributed by atoms with Gasteiger partial charge < -0.3 is 29.5 Å².